The fraction of sp³-hybridized carbons (Fsp3) is 0.500. The predicted octanol–water partition coefficient (Wildman–Crippen LogP) is 0.261. The number of hydrogen-bond acceptors (Lipinski definition) is 6. The minimum absolute atomic E-state index is 0.117. The summed E-state index contributed by atoms with van der Waals surface area (Å²) in [6, 6.07) is 4.60. The second kappa shape index (κ2) is 6.13. The molecule has 4 atom stereocenters. The molecule has 4 amide bonds. The summed E-state index contributed by atoms with van der Waals surface area (Å²) in [5, 5.41) is 2.21. The van der Waals surface area contributed by atoms with Crippen LogP contribution in [-0.2, 0) is 9.59 Å². The van der Waals surface area contributed by atoms with Crippen molar-refractivity contribution in [3.8, 4) is 0 Å². The number of carbonyl (C=O) groups excluding carboxylic acids is 4. The maximum atomic E-state index is 13.0. The first-order chi connectivity index (χ1) is 13.4. The van der Waals surface area contributed by atoms with Crippen LogP contribution in [0.15, 0.2) is 18.2 Å². The molecule has 0 spiro atoms. The first kappa shape index (κ1) is 17.4. The molecule has 8 heteroatoms. The maximum absolute atomic E-state index is 13.0. The number of anilines is 1. The van der Waals surface area contributed by atoms with Crippen LogP contribution in [-0.4, -0.2) is 53.7 Å². The topological polar surface area (TPSA) is 113 Å². The number of fused-ring (bicyclic) bond motifs is 3. The Balaban J connectivity index is 1.42. The zero-order valence-corrected chi connectivity index (χ0v) is 15.4. The lowest BCUT2D eigenvalue weighted by Gasteiger charge is -2.34. The highest BCUT2D eigenvalue weighted by Gasteiger charge is 2.45. The molecule has 3 aliphatic heterocycles. The summed E-state index contributed by atoms with van der Waals surface area (Å²) < 4.78 is 0. The van der Waals surface area contributed by atoms with Gasteiger partial charge < -0.3 is 10.6 Å². The zero-order chi connectivity index (χ0) is 19.6. The summed E-state index contributed by atoms with van der Waals surface area (Å²) in [7, 11) is 0. The van der Waals surface area contributed by atoms with E-state index < -0.39 is 23.8 Å². The molecule has 0 aromatic heterocycles. The molecule has 3 fully saturated rings. The van der Waals surface area contributed by atoms with E-state index in [2.05, 4.69) is 10.2 Å². The number of carbonyl (C=O) groups is 4. The van der Waals surface area contributed by atoms with E-state index in [1.807, 2.05) is 6.07 Å². The fourth-order valence-electron chi connectivity index (χ4n) is 5.17. The molecule has 4 aliphatic rings. The van der Waals surface area contributed by atoms with Gasteiger partial charge >= 0.3 is 0 Å². The van der Waals surface area contributed by atoms with Gasteiger partial charge in [-0.15, -0.1) is 0 Å². The number of nitrogens with zero attached hydrogens (tertiary/aromatic N) is 2. The van der Waals surface area contributed by atoms with Gasteiger partial charge in [0.25, 0.3) is 11.8 Å². The molecular formula is C20H22N4O4. The summed E-state index contributed by atoms with van der Waals surface area (Å²) in [6.07, 6.45) is 2.47. The molecule has 28 heavy (non-hydrogen) atoms. The van der Waals surface area contributed by atoms with Crippen LogP contribution in [0.1, 0.15) is 46.4 Å². The van der Waals surface area contributed by atoms with Crippen molar-refractivity contribution in [2.75, 3.05) is 18.0 Å². The third-order valence-electron chi connectivity index (χ3n) is 6.57. The lowest BCUT2D eigenvalue weighted by atomic mass is 9.97. The van der Waals surface area contributed by atoms with Gasteiger partial charge in [0.05, 0.1) is 11.1 Å². The first-order valence-electron chi connectivity index (χ1n) is 9.78. The average Bonchev–Trinajstić information content (AvgIpc) is 3.07. The highest BCUT2D eigenvalue weighted by atomic mass is 16.2. The van der Waals surface area contributed by atoms with Crippen molar-refractivity contribution in [1.82, 2.24) is 10.2 Å². The van der Waals surface area contributed by atoms with Gasteiger partial charge in [-0.25, -0.2) is 0 Å². The Labute approximate surface area is 162 Å². The minimum Gasteiger partial charge on any atom is -0.371 e. The van der Waals surface area contributed by atoms with Gasteiger partial charge in [-0.1, -0.05) is 0 Å². The molecule has 1 aromatic carbocycles. The first-order valence-corrected chi connectivity index (χ1v) is 9.78. The Hall–Kier alpha value is -2.74. The minimum atomic E-state index is -0.933. The van der Waals surface area contributed by atoms with Gasteiger partial charge in [-0.3, -0.25) is 29.4 Å². The molecule has 3 N–H and O–H groups in total. The van der Waals surface area contributed by atoms with Crippen LogP contribution >= 0.6 is 0 Å². The Bertz CT molecular complexity index is 911. The summed E-state index contributed by atoms with van der Waals surface area (Å²) in [6.45, 7) is 1.76. The largest absolute Gasteiger partial charge is 0.371 e. The van der Waals surface area contributed by atoms with E-state index in [1.165, 1.54) is 0 Å². The van der Waals surface area contributed by atoms with Crippen LogP contribution < -0.4 is 16.0 Å². The Kier molecular flexibility index (Phi) is 3.80. The maximum Gasteiger partial charge on any atom is 0.262 e. The SMILES string of the molecule is NC1CC2CC1CN(c1ccc3c(c1)C(=O)N(C1CCC(=O)NC1=O)C3=O)C2. The van der Waals surface area contributed by atoms with Gasteiger partial charge in [0.15, 0.2) is 0 Å². The molecule has 8 nitrogen and oxygen atoms in total. The highest BCUT2D eigenvalue weighted by Crippen LogP contribution is 2.39. The van der Waals surface area contributed by atoms with Gasteiger partial charge in [0, 0.05) is 31.2 Å². The molecule has 3 heterocycles. The molecule has 2 saturated heterocycles. The molecule has 4 unspecified atom stereocenters. The standard InChI is InChI=1S/C20H22N4O4/c21-15-6-10-5-11(15)9-23(8-10)12-1-2-13-14(7-12)20(28)24(19(13)27)16-3-4-17(25)22-18(16)26/h1-2,7,10-11,15-16H,3-6,8-9,21H2,(H,22,25,26). The summed E-state index contributed by atoms with van der Waals surface area (Å²) in [5.41, 5.74) is 7.77. The van der Waals surface area contributed by atoms with E-state index in [9.17, 15) is 19.2 Å². The predicted molar refractivity (Wildman–Crippen MR) is 99.5 cm³/mol. The van der Waals surface area contributed by atoms with Crippen molar-refractivity contribution < 1.29 is 19.2 Å². The number of nitrogens with one attached hydrogen (secondary N) is 1. The number of imide groups is 2. The van der Waals surface area contributed by atoms with Crippen LogP contribution in [0.4, 0.5) is 5.69 Å². The molecule has 1 saturated carbocycles. The molecule has 5 rings (SSSR count). The van der Waals surface area contributed by atoms with Gasteiger partial charge in [0.2, 0.25) is 11.8 Å². The van der Waals surface area contributed by atoms with Gasteiger partial charge in [-0.2, -0.15) is 0 Å². The lowest BCUT2D eigenvalue weighted by molar-refractivity contribution is -0.136. The van der Waals surface area contributed by atoms with Gasteiger partial charge in [0.1, 0.15) is 6.04 Å². The number of piperidine rings is 2. The molecule has 1 aromatic rings. The molecular weight excluding hydrogens is 360 g/mol. The van der Waals surface area contributed by atoms with Crippen LogP contribution in [0.5, 0.6) is 0 Å². The fourth-order valence-corrected chi connectivity index (χ4v) is 5.17. The molecule has 0 radical (unpaired) electrons. The van der Waals surface area contributed by atoms with Crippen LogP contribution in [0.2, 0.25) is 0 Å². The highest BCUT2D eigenvalue weighted by molar-refractivity contribution is 6.23. The summed E-state index contributed by atoms with van der Waals surface area (Å²) in [4.78, 5) is 52.5. The van der Waals surface area contributed by atoms with E-state index in [0.29, 0.717) is 23.0 Å². The normalized spacial score (nSPS) is 32.0. The quantitative estimate of drug-likeness (QED) is 0.710. The number of rotatable bonds is 2. The Morgan fingerprint density at radius 2 is 1.79 bits per heavy atom. The second-order valence-electron chi connectivity index (χ2n) is 8.34. The third-order valence-corrected chi connectivity index (χ3v) is 6.57. The van der Waals surface area contributed by atoms with Crippen molar-refractivity contribution in [2.45, 2.75) is 37.8 Å². The third kappa shape index (κ3) is 2.55. The van der Waals surface area contributed by atoms with E-state index in [0.717, 1.165) is 36.5 Å². The monoisotopic (exact) mass is 382 g/mol. The van der Waals surface area contributed by atoms with E-state index in [4.69, 9.17) is 5.73 Å². The van der Waals surface area contributed by atoms with Crippen LogP contribution in [0.3, 0.4) is 0 Å². The van der Waals surface area contributed by atoms with Crippen molar-refractivity contribution in [3.05, 3.63) is 29.3 Å². The van der Waals surface area contributed by atoms with Crippen molar-refractivity contribution in [1.29, 1.82) is 0 Å². The van der Waals surface area contributed by atoms with Crippen LogP contribution in [0.25, 0.3) is 0 Å². The average molecular weight is 382 g/mol. The van der Waals surface area contributed by atoms with E-state index >= 15 is 0 Å². The lowest BCUT2D eigenvalue weighted by Crippen LogP contribution is -2.54. The summed E-state index contributed by atoms with van der Waals surface area (Å²) >= 11 is 0. The number of nitrogens with two attached hydrogens (primary N) is 1. The van der Waals surface area contributed by atoms with Crippen molar-refractivity contribution in [3.63, 3.8) is 0 Å². The van der Waals surface area contributed by atoms with Crippen LogP contribution in [0, 0.1) is 11.8 Å². The Morgan fingerprint density at radius 3 is 2.54 bits per heavy atom. The zero-order valence-electron chi connectivity index (χ0n) is 15.4. The number of hydrogen-bond donors (Lipinski definition) is 2. The molecule has 1 aliphatic carbocycles. The van der Waals surface area contributed by atoms with Gasteiger partial charge in [-0.05, 0) is 49.3 Å². The van der Waals surface area contributed by atoms with Crippen molar-refractivity contribution >= 4 is 29.3 Å². The molecule has 2 bridgehead atoms. The van der Waals surface area contributed by atoms with E-state index in [1.54, 1.807) is 12.1 Å². The van der Waals surface area contributed by atoms with E-state index in [-0.39, 0.29) is 24.8 Å². The second-order valence-corrected chi connectivity index (χ2v) is 8.34. The smallest absolute Gasteiger partial charge is 0.262 e. The number of benzene rings is 1. The summed E-state index contributed by atoms with van der Waals surface area (Å²) in [5.74, 6) is -0.871. The van der Waals surface area contributed by atoms with Crippen molar-refractivity contribution in [2.24, 2.45) is 17.6 Å². The molecule has 146 valence electrons. The Morgan fingerprint density at radius 1 is 1.00 bits per heavy atom. The number of amides is 4.